The minimum atomic E-state index is 0.308. The highest BCUT2D eigenvalue weighted by molar-refractivity contribution is 5.45. The van der Waals surface area contributed by atoms with Crippen molar-refractivity contribution >= 4 is 5.69 Å². The summed E-state index contributed by atoms with van der Waals surface area (Å²) in [5.74, 6) is 1.07. The summed E-state index contributed by atoms with van der Waals surface area (Å²) in [5, 5.41) is 3.49. The third-order valence-corrected chi connectivity index (χ3v) is 4.42. The van der Waals surface area contributed by atoms with Gasteiger partial charge in [-0.05, 0) is 38.5 Å². The molecule has 1 saturated heterocycles. The highest BCUT2D eigenvalue weighted by Gasteiger charge is 2.21. The smallest absolute Gasteiger partial charge is 0.128 e. The van der Waals surface area contributed by atoms with E-state index < -0.39 is 0 Å². The molecule has 1 aromatic heterocycles. The van der Waals surface area contributed by atoms with Gasteiger partial charge in [-0.3, -0.25) is 4.90 Å². The molecular weight excluding hydrogens is 300 g/mol. The summed E-state index contributed by atoms with van der Waals surface area (Å²) in [7, 11) is 0. The first-order valence-corrected chi connectivity index (χ1v) is 8.84. The molecule has 1 aliphatic rings. The van der Waals surface area contributed by atoms with Crippen LogP contribution in [0.25, 0.3) is 0 Å². The first-order valence-electron chi connectivity index (χ1n) is 8.84. The highest BCUT2D eigenvalue weighted by atomic mass is 16.5. The quantitative estimate of drug-likeness (QED) is 0.885. The second kappa shape index (κ2) is 7.81. The van der Waals surface area contributed by atoms with Crippen LogP contribution in [0.3, 0.4) is 0 Å². The number of hydrogen-bond acceptors (Lipinski definition) is 4. The lowest BCUT2D eigenvalue weighted by atomic mass is 10.1. The average Bonchev–Trinajstić information content (AvgIpc) is 3.00. The topological polar surface area (TPSA) is 42.3 Å². The van der Waals surface area contributed by atoms with Crippen LogP contribution in [0.1, 0.15) is 32.2 Å². The number of imidazole rings is 1. The zero-order valence-corrected chi connectivity index (χ0v) is 14.9. The van der Waals surface area contributed by atoms with Crippen molar-refractivity contribution < 1.29 is 4.74 Å². The standard InChI is InChI=1S/C19H28N4O/c1-4-23-9-8-20-19(23)11-21-18-7-5-6-17(10-18)14-22-12-15(2)24-16(3)13-22/h5-10,15-16,21H,4,11-14H2,1-3H3/t15-,16-/m0/s1. The van der Waals surface area contributed by atoms with Gasteiger partial charge in [0.25, 0.3) is 0 Å². The Balaban J connectivity index is 1.59. The van der Waals surface area contributed by atoms with Gasteiger partial charge in [-0.25, -0.2) is 4.98 Å². The van der Waals surface area contributed by atoms with Crippen molar-refractivity contribution in [2.75, 3.05) is 18.4 Å². The normalized spacial score (nSPS) is 21.8. The summed E-state index contributed by atoms with van der Waals surface area (Å²) >= 11 is 0. The molecule has 1 fully saturated rings. The maximum Gasteiger partial charge on any atom is 0.128 e. The first-order chi connectivity index (χ1) is 11.6. The van der Waals surface area contributed by atoms with E-state index in [0.29, 0.717) is 12.2 Å². The van der Waals surface area contributed by atoms with Crippen LogP contribution >= 0.6 is 0 Å². The molecule has 3 rings (SSSR count). The second-order valence-electron chi connectivity index (χ2n) is 6.63. The number of anilines is 1. The van der Waals surface area contributed by atoms with E-state index in [9.17, 15) is 0 Å². The predicted octanol–water partition coefficient (Wildman–Crippen LogP) is 3.12. The lowest BCUT2D eigenvalue weighted by Crippen LogP contribution is -2.44. The number of benzene rings is 1. The summed E-state index contributed by atoms with van der Waals surface area (Å²) in [6.45, 7) is 11.1. The number of morpholine rings is 1. The molecule has 0 amide bonds. The lowest BCUT2D eigenvalue weighted by Gasteiger charge is -2.35. The van der Waals surface area contributed by atoms with E-state index in [-0.39, 0.29) is 0 Å². The summed E-state index contributed by atoms with van der Waals surface area (Å²) in [6.07, 6.45) is 4.50. The van der Waals surface area contributed by atoms with Gasteiger partial charge in [0.15, 0.2) is 0 Å². The lowest BCUT2D eigenvalue weighted by molar-refractivity contribution is -0.0704. The highest BCUT2D eigenvalue weighted by Crippen LogP contribution is 2.17. The molecule has 0 saturated carbocycles. The number of aromatic nitrogens is 2. The van der Waals surface area contributed by atoms with Crippen molar-refractivity contribution in [3.8, 4) is 0 Å². The molecule has 2 atom stereocenters. The van der Waals surface area contributed by atoms with E-state index in [1.807, 2.05) is 12.4 Å². The van der Waals surface area contributed by atoms with Crippen LogP contribution in [0.15, 0.2) is 36.7 Å². The summed E-state index contributed by atoms with van der Waals surface area (Å²) < 4.78 is 7.98. The Labute approximate surface area is 144 Å². The number of ether oxygens (including phenoxy) is 1. The van der Waals surface area contributed by atoms with Crippen LogP contribution in [0.5, 0.6) is 0 Å². The number of nitrogens with one attached hydrogen (secondary N) is 1. The number of hydrogen-bond donors (Lipinski definition) is 1. The third-order valence-electron chi connectivity index (χ3n) is 4.42. The fourth-order valence-electron chi connectivity index (χ4n) is 3.43. The molecule has 24 heavy (non-hydrogen) atoms. The fraction of sp³-hybridized carbons (Fsp3) is 0.526. The van der Waals surface area contributed by atoms with E-state index in [2.05, 4.69) is 64.8 Å². The van der Waals surface area contributed by atoms with Gasteiger partial charge in [-0.2, -0.15) is 0 Å². The number of nitrogens with zero attached hydrogens (tertiary/aromatic N) is 3. The maximum atomic E-state index is 5.82. The fourth-order valence-corrected chi connectivity index (χ4v) is 3.43. The van der Waals surface area contributed by atoms with Crippen LogP contribution in [0.2, 0.25) is 0 Å². The van der Waals surface area contributed by atoms with Crippen molar-refractivity contribution in [1.82, 2.24) is 14.5 Å². The third kappa shape index (κ3) is 4.36. The average molecular weight is 328 g/mol. The van der Waals surface area contributed by atoms with Gasteiger partial charge in [-0.15, -0.1) is 0 Å². The van der Waals surface area contributed by atoms with Crippen molar-refractivity contribution in [3.63, 3.8) is 0 Å². The molecule has 1 N–H and O–H groups in total. The van der Waals surface area contributed by atoms with Gasteiger partial charge in [0.05, 0.1) is 18.8 Å². The number of aryl methyl sites for hydroxylation is 1. The Kier molecular flexibility index (Phi) is 5.53. The van der Waals surface area contributed by atoms with Gasteiger partial charge in [0.1, 0.15) is 5.82 Å². The van der Waals surface area contributed by atoms with Crippen molar-refractivity contribution in [3.05, 3.63) is 48.0 Å². The van der Waals surface area contributed by atoms with Crippen LogP contribution in [0.4, 0.5) is 5.69 Å². The maximum absolute atomic E-state index is 5.82. The van der Waals surface area contributed by atoms with Crippen LogP contribution in [0, 0.1) is 0 Å². The van der Waals surface area contributed by atoms with Crippen molar-refractivity contribution in [1.29, 1.82) is 0 Å². The monoisotopic (exact) mass is 328 g/mol. The van der Waals surface area contributed by atoms with E-state index in [4.69, 9.17) is 4.74 Å². The molecule has 5 heteroatoms. The molecule has 2 aromatic rings. The van der Waals surface area contributed by atoms with Gasteiger partial charge in [0.2, 0.25) is 0 Å². The molecule has 1 aromatic carbocycles. The van der Waals surface area contributed by atoms with E-state index in [0.717, 1.165) is 44.2 Å². The summed E-state index contributed by atoms with van der Waals surface area (Å²) in [6, 6.07) is 8.68. The Morgan fingerprint density at radius 3 is 2.79 bits per heavy atom. The Morgan fingerprint density at radius 2 is 2.04 bits per heavy atom. The Hall–Kier alpha value is -1.85. The van der Waals surface area contributed by atoms with Crippen LogP contribution in [-0.4, -0.2) is 39.7 Å². The zero-order chi connectivity index (χ0) is 16.9. The predicted molar refractivity (Wildman–Crippen MR) is 97.0 cm³/mol. The number of rotatable bonds is 6. The molecule has 0 radical (unpaired) electrons. The molecule has 0 aliphatic carbocycles. The Morgan fingerprint density at radius 1 is 1.25 bits per heavy atom. The molecule has 5 nitrogen and oxygen atoms in total. The van der Waals surface area contributed by atoms with Gasteiger partial charge >= 0.3 is 0 Å². The zero-order valence-electron chi connectivity index (χ0n) is 14.9. The largest absolute Gasteiger partial charge is 0.378 e. The van der Waals surface area contributed by atoms with Gasteiger partial charge in [-0.1, -0.05) is 12.1 Å². The van der Waals surface area contributed by atoms with Gasteiger partial charge in [0, 0.05) is 44.3 Å². The molecule has 130 valence electrons. The molecule has 0 bridgehead atoms. The Bertz CT molecular complexity index is 644. The van der Waals surface area contributed by atoms with Crippen LogP contribution < -0.4 is 5.32 Å². The summed E-state index contributed by atoms with van der Waals surface area (Å²) in [4.78, 5) is 6.89. The molecule has 0 spiro atoms. The minimum Gasteiger partial charge on any atom is -0.378 e. The first kappa shape index (κ1) is 17.0. The van der Waals surface area contributed by atoms with E-state index in [1.165, 1.54) is 5.56 Å². The molecular formula is C19H28N4O. The molecule has 2 heterocycles. The minimum absolute atomic E-state index is 0.308. The molecule has 0 unspecified atom stereocenters. The second-order valence-corrected chi connectivity index (χ2v) is 6.63. The van der Waals surface area contributed by atoms with E-state index in [1.54, 1.807) is 0 Å². The van der Waals surface area contributed by atoms with Crippen molar-refractivity contribution in [2.24, 2.45) is 0 Å². The van der Waals surface area contributed by atoms with Gasteiger partial charge < -0.3 is 14.6 Å². The SMILES string of the molecule is CCn1ccnc1CNc1cccc(CN2C[C@H](C)O[C@@H](C)C2)c1. The molecule has 1 aliphatic heterocycles. The van der Waals surface area contributed by atoms with E-state index >= 15 is 0 Å². The summed E-state index contributed by atoms with van der Waals surface area (Å²) in [5.41, 5.74) is 2.48. The van der Waals surface area contributed by atoms with Crippen molar-refractivity contribution in [2.45, 2.75) is 52.6 Å². The van der Waals surface area contributed by atoms with Crippen LogP contribution in [-0.2, 0) is 24.4 Å².